The Hall–Kier alpha value is -0.0800. The zero-order chi connectivity index (χ0) is 12.7. The van der Waals surface area contributed by atoms with E-state index in [4.69, 9.17) is 4.74 Å². The second-order valence-corrected chi connectivity index (χ2v) is 5.91. The Labute approximate surface area is 108 Å². The van der Waals surface area contributed by atoms with Crippen LogP contribution >= 0.6 is 0 Å². The van der Waals surface area contributed by atoms with Crippen LogP contribution in [0.2, 0.25) is 0 Å². The van der Waals surface area contributed by atoms with Gasteiger partial charge in [0.25, 0.3) is 0 Å². The lowest BCUT2D eigenvalue weighted by molar-refractivity contribution is 0.128. The third-order valence-corrected chi connectivity index (χ3v) is 4.13. The smallest absolute Gasteiger partial charge is 0.0615 e. The summed E-state index contributed by atoms with van der Waals surface area (Å²) in [6.45, 7) is 7.85. The van der Waals surface area contributed by atoms with Crippen LogP contribution in [0.25, 0.3) is 0 Å². The number of methoxy groups -OCH3 is 1. The van der Waals surface area contributed by atoms with Gasteiger partial charge < -0.3 is 10.1 Å². The predicted octanol–water partition coefficient (Wildman–Crippen LogP) is 3.61. The minimum atomic E-state index is 0.550. The van der Waals surface area contributed by atoms with Gasteiger partial charge >= 0.3 is 0 Å². The van der Waals surface area contributed by atoms with Gasteiger partial charge in [-0.05, 0) is 31.1 Å². The molecule has 1 N–H and O–H groups in total. The van der Waals surface area contributed by atoms with Crippen molar-refractivity contribution >= 4 is 0 Å². The standard InChI is InChI=1S/C15H31NO/c1-5-8-13(11-17-4)16-15-10-7-6-9-14(15)12(2)3/h12-16H,5-11H2,1-4H3. The summed E-state index contributed by atoms with van der Waals surface area (Å²) in [5.41, 5.74) is 0. The van der Waals surface area contributed by atoms with Crippen LogP contribution < -0.4 is 5.32 Å². The van der Waals surface area contributed by atoms with Crippen molar-refractivity contribution in [1.82, 2.24) is 5.32 Å². The number of rotatable bonds is 7. The summed E-state index contributed by atoms with van der Waals surface area (Å²) in [5, 5.41) is 3.86. The molecule has 0 amide bonds. The van der Waals surface area contributed by atoms with E-state index in [1.165, 1.54) is 38.5 Å². The van der Waals surface area contributed by atoms with Crippen molar-refractivity contribution in [1.29, 1.82) is 0 Å². The lowest BCUT2D eigenvalue weighted by atomic mass is 9.77. The molecule has 0 aromatic rings. The summed E-state index contributed by atoms with van der Waals surface area (Å²) in [6.07, 6.45) is 8.04. The van der Waals surface area contributed by atoms with Gasteiger partial charge in [0.1, 0.15) is 0 Å². The van der Waals surface area contributed by atoms with E-state index in [1.54, 1.807) is 0 Å². The van der Waals surface area contributed by atoms with Crippen LogP contribution in [0.5, 0.6) is 0 Å². The molecule has 102 valence electrons. The van der Waals surface area contributed by atoms with Gasteiger partial charge in [0.05, 0.1) is 6.61 Å². The maximum absolute atomic E-state index is 5.33. The van der Waals surface area contributed by atoms with Crippen LogP contribution in [0.3, 0.4) is 0 Å². The van der Waals surface area contributed by atoms with E-state index in [2.05, 4.69) is 26.1 Å². The van der Waals surface area contributed by atoms with Crippen LogP contribution in [0.15, 0.2) is 0 Å². The molecular formula is C15H31NO. The minimum absolute atomic E-state index is 0.550. The molecule has 3 unspecified atom stereocenters. The second-order valence-electron chi connectivity index (χ2n) is 5.91. The lowest BCUT2D eigenvalue weighted by Crippen LogP contribution is -2.47. The molecule has 2 nitrogen and oxygen atoms in total. The van der Waals surface area contributed by atoms with E-state index in [0.29, 0.717) is 6.04 Å². The van der Waals surface area contributed by atoms with Crippen LogP contribution in [-0.2, 0) is 4.74 Å². The summed E-state index contributed by atoms with van der Waals surface area (Å²) in [7, 11) is 1.81. The van der Waals surface area contributed by atoms with Crippen molar-refractivity contribution in [3.05, 3.63) is 0 Å². The molecule has 2 heteroatoms. The van der Waals surface area contributed by atoms with Gasteiger partial charge in [-0.25, -0.2) is 0 Å². The third-order valence-electron chi connectivity index (χ3n) is 4.13. The van der Waals surface area contributed by atoms with Crippen LogP contribution in [0, 0.1) is 11.8 Å². The average molecular weight is 241 g/mol. The molecule has 0 aromatic carbocycles. The van der Waals surface area contributed by atoms with Gasteiger partial charge in [-0.3, -0.25) is 0 Å². The van der Waals surface area contributed by atoms with E-state index in [-0.39, 0.29) is 0 Å². The number of hydrogen-bond acceptors (Lipinski definition) is 2. The summed E-state index contributed by atoms with van der Waals surface area (Å²) in [4.78, 5) is 0. The highest BCUT2D eigenvalue weighted by atomic mass is 16.5. The van der Waals surface area contributed by atoms with Gasteiger partial charge in [-0.15, -0.1) is 0 Å². The molecule has 17 heavy (non-hydrogen) atoms. The molecule has 1 aliphatic rings. The lowest BCUT2D eigenvalue weighted by Gasteiger charge is -2.37. The molecule has 1 fully saturated rings. The van der Waals surface area contributed by atoms with E-state index < -0.39 is 0 Å². The highest BCUT2D eigenvalue weighted by Gasteiger charge is 2.28. The van der Waals surface area contributed by atoms with E-state index in [9.17, 15) is 0 Å². The molecule has 1 saturated carbocycles. The van der Waals surface area contributed by atoms with Crippen LogP contribution in [-0.4, -0.2) is 25.8 Å². The molecule has 1 aliphatic carbocycles. The monoisotopic (exact) mass is 241 g/mol. The molecule has 3 atom stereocenters. The molecular weight excluding hydrogens is 210 g/mol. The quantitative estimate of drug-likeness (QED) is 0.735. The third kappa shape index (κ3) is 4.97. The molecule has 0 bridgehead atoms. The Kier molecular flexibility index (Phi) is 7.14. The Morgan fingerprint density at radius 1 is 1.24 bits per heavy atom. The molecule has 0 radical (unpaired) electrons. The minimum Gasteiger partial charge on any atom is -0.383 e. The van der Waals surface area contributed by atoms with Gasteiger partial charge in [0.15, 0.2) is 0 Å². The zero-order valence-corrected chi connectivity index (χ0v) is 12.2. The first-order chi connectivity index (χ1) is 8.19. The topological polar surface area (TPSA) is 21.3 Å². The first kappa shape index (κ1) is 15.0. The zero-order valence-electron chi connectivity index (χ0n) is 12.2. The Balaban J connectivity index is 2.49. The molecule has 0 saturated heterocycles. The van der Waals surface area contributed by atoms with E-state index in [0.717, 1.165) is 24.5 Å². The first-order valence-electron chi connectivity index (χ1n) is 7.44. The normalized spacial score (nSPS) is 27.4. The van der Waals surface area contributed by atoms with Crippen molar-refractivity contribution in [2.75, 3.05) is 13.7 Å². The molecule has 0 spiro atoms. The first-order valence-corrected chi connectivity index (χ1v) is 7.44. The van der Waals surface area contributed by atoms with E-state index in [1.807, 2.05) is 7.11 Å². The largest absolute Gasteiger partial charge is 0.383 e. The Bertz CT molecular complexity index is 187. The molecule has 0 aromatic heterocycles. The fourth-order valence-corrected chi connectivity index (χ4v) is 3.23. The molecule has 0 heterocycles. The Morgan fingerprint density at radius 3 is 2.53 bits per heavy atom. The number of ether oxygens (including phenoxy) is 1. The summed E-state index contributed by atoms with van der Waals surface area (Å²) >= 11 is 0. The number of hydrogen-bond donors (Lipinski definition) is 1. The molecule has 0 aliphatic heterocycles. The average Bonchev–Trinajstić information content (AvgIpc) is 2.30. The summed E-state index contributed by atoms with van der Waals surface area (Å²) in [6, 6.07) is 1.27. The van der Waals surface area contributed by atoms with Crippen LogP contribution in [0.1, 0.15) is 59.3 Å². The van der Waals surface area contributed by atoms with Gasteiger partial charge in [-0.2, -0.15) is 0 Å². The molecule has 1 rings (SSSR count). The van der Waals surface area contributed by atoms with Gasteiger partial charge in [-0.1, -0.05) is 40.0 Å². The van der Waals surface area contributed by atoms with Gasteiger partial charge in [0.2, 0.25) is 0 Å². The van der Waals surface area contributed by atoms with Crippen molar-refractivity contribution < 1.29 is 4.74 Å². The van der Waals surface area contributed by atoms with E-state index >= 15 is 0 Å². The van der Waals surface area contributed by atoms with Crippen molar-refractivity contribution in [2.24, 2.45) is 11.8 Å². The maximum Gasteiger partial charge on any atom is 0.0615 e. The maximum atomic E-state index is 5.33. The SMILES string of the molecule is CCCC(COC)NC1CCCCC1C(C)C. The fourth-order valence-electron chi connectivity index (χ4n) is 3.23. The van der Waals surface area contributed by atoms with Crippen molar-refractivity contribution in [3.8, 4) is 0 Å². The predicted molar refractivity (Wildman–Crippen MR) is 74.3 cm³/mol. The van der Waals surface area contributed by atoms with Crippen LogP contribution in [0.4, 0.5) is 0 Å². The van der Waals surface area contributed by atoms with Crippen molar-refractivity contribution in [3.63, 3.8) is 0 Å². The summed E-state index contributed by atoms with van der Waals surface area (Å²) in [5.74, 6) is 1.66. The Morgan fingerprint density at radius 2 is 1.94 bits per heavy atom. The highest BCUT2D eigenvalue weighted by molar-refractivity contribution is 4.85. The van der Waals surface area contributed by atoms with Crippen molar-refractivity contribution in [2.45, 2.75) is 71.4 Å². The van der Waals surface area contributed by atoms with Gasteiger partial charge in [0, 0.05) is 19.2 Å². The highest BCUT2D eigenvalue weighted by Crippen LogP contribution is 2.30. The number of nitrogens with one attached hydrogen (secondary N) is 1. The summed E-state index contributed by atoms with van der Waals surface area (Å²) < 4.78 is 5.33. The second kappa shape index (κ2) is 8.10. The fraction of sp³-hybridized carbons (Fsp3) is 1.00.